The Kier molecular flexibility index (Phi) is 25.1. The van der Waals surface area contributed by atoms with Gasteiger partial charge in [0.15, 0.2) is 0 Å². The highest BCUT2D eigenvalue weighted by molar-refractivity contribution is 9.11. The van der Waals surface area contributed by atoms with Crippen LogP contribution in [-0.4, -0.2) is 76.6 Å². The average molecular weight is 1580 g/mol. The number of anilines is 12. The maximum atomic E-state index is 12.4. The Morgan fingerprint density at radius 3 is 1.05 bits per heavy atom. The van der Waals surface area contributed by atoms with Gasteiger partial charge in [0.1, 0.15) is 48.6 Å². The van der Waals surface area contributed by atoms with E-state index in [4.69, 9.17) is 0 Å². The summed E-state index contributed by atoms with van der Waals surface area (Å²) in [7, 11) is 0. The largest absolute Gasteiger partial charge is 0.340 e. The second-order valence-corrected chi connectivity index (χ2v) is 25.9. The highest BCUT2D eigenvalue weighted by atomic mass is 79.9. The molecule has 4 amide bonds. The van der Waals surface area contributed by atoms with Crippen molar-refractivity contribution in [1.29, 1.82) is 0 Å². The number of fused-ring (bicyclic) bond motifs is 4. The molecule has 13 rings (SSSR count). The van der Waals surface area contributed by atoms with Crippen LogP contribution in [0.25, 0.3) is 43.6 Å². The summed E-state index contributed by atoms with van der Waals surface area (Å²) in [4.78, 5) is 81.8. The molecule has 0 radical (unpaired) electrons. The summed E-state index contributed by atoms with van der Waals surface area (Å²) < 4.78 is 3.91. The summed E-state index contributed by atoms with van der Waals surface area (Å²) in [5, 5.41) is 31.2. The number of nitrogens with one attached hydrogen (secondary N) is 9. The minimum absolute atomic E-state index is 0.0253. The first-order chi connectivity index (χ1) is 48.0. The average Bonchev–Trinajstić information content (AvgIpc) is 0.833. The van der Waals surface area contributed by atoms with Gasteiger partial charge in [-0.05, 0) is 191 Å². The van der Waals surface area contributed by atoms with Crippen LogP contribution in [0.4, 0.5) is 68.8 Å². The zero-order valence-corrected chi connectivity index (χ0v) is 60.0. The Balaban J connectivity index is 0.000000143. The van der Waals surface area contributed by atoms with Gasteiger partial charge in [-0.1, -0.05) is 113 Å². The molecule has 1 fully saturated rings. The van der Waals surface area contributed by atoms with Crippen LogP contribution in [0.15, 0.2) is 249 Å². The minimum Gasteiger partial charge on any atom is -0.340 e. The second kappa shape index (κ2) is 35.0. The molecular formula is C74H65Br4N17O4. The van der Waals surface area contributed by atoms with E-state index >= 15 is 0 Å². The number of halogens is 4. The molecule has 9 N–H and O–H groups in total. The van der Waals surface area contributed by atoms with E-state index in [1.54, 1.807) is 18.2 Å². The van der Waals surface area contributed by atoms with Crippen LogP contribution >= 0.6 is 63.7 Å². The molecule has 0 bridgehead atoms. The fourth-order valence-electron chi connectivity index (χ4n) is 9.89. The monoisotopic (exact) mass is 1570 g/mol. The van der Waals surface area contributed by atoms with Crippen molar-refractivity contribution < 1.29 is 19.2 Å². The summed E-state index contributed by atoms with van der Waals surface area (Å²) >= 11 is 13.8. The molecule has 0 aliphatic carbocycles. The number of nitrogens with zero attached hydrogens (tertiary/aromatic N) is 8. The number of aromatic nitrogens is 8. The number of piperidine rings is 1. The molecule has 99 heavy (non-hydrogen) atoms. The van der Waals surface area contributed by atoms with Crippen molar-refractivity contribution in [2.45, 2.75) is 40.0 Å². The number of carbonyl (C=O) groups excluding carboxylic acids is 4. The van der Waals surface area contributed by atoms with E-state index in [2.05, 4.69) is 158 Å². The lowest BCUT2D eigenvalue weighted by atomic mass is 10.1. The Bertz CT molecular complexity index is 5010. The van der Waals surface area contributed by atoms with Crippen molar-refractivity contribution in [3.8, 4) is 0 Å². The van der Waals surface area contributed by atoms with Crippen molar-refractivity contribution in [1.82, 2.24) is 45.2 Å². The molecule has 8 aromatic carbocycles. The Hall–Kier alpha value is -10.7. The molecule has 1 saturated heterocycles. The van der Waals surface area contributed by atoms with E-state index in [9.17, 15) is 19.2 Å². The fourth-order valence-corrected chi connectivity index (χ4v) is 11.5. The lowest BCUT2D eigenvalue weighted by molar-refractivity contribution is -0.116. The number of hydrogen-bond acceptors (Lipinski definition) is 17. The Morgan fingerprint density at radius 2 is 0.737 bits per heavy atom. The van der Waals surface area contributed by atoms with E-state index in [-0.39, 0.29) is 23.6 Å². The minimum atomic E-state index is -0.261. The van der Waals surface area contributed by atoms with Gasteiger partial charge in [-0.2, -0.15) is 0 Å². The third-order valence-corrected chi connectivity index (χ3v) is 16.5. The number of benzene rings is 8. The molecule has 5 heterocycles. The maximum Gasteiger partial charge on any atom is 0.248 e. The molecule has 0 unspecified atom stereocenters. The van der Waals surface area contributed by atoms with Gasteiger partial charge in [0, 0.05) is 104 Å². The summed E-state index contributed by atoms with van der Waals surface area (Å²) in [5.41, 5.74) is 11.8. The van der Waals surface area contributed by atoms with Crippen molar-refractivity contribution in [3.63, 3.8) is 0 Å². The van der Waals surface area contributed by atoms with Crippen molar-refractivity contribution in [2.24, 2.45) is 0 Å². The van der Waals surface area contributed by atoms with Crippen LogP contribution < -0.4 is 47.9 Å². The van der Waals surface area contributed by atoms with Gasteiger partial charge < -0.3 is 47.9 Å². The van der Waals surface area contributed by atoms with E-state index < -0.39 is 0 Å². The maximum absolute atomic E-state index is 12.4. The van der Waals surface area contributed by atoms with Gasteiger partial charge >= 0.3 is 0 Å². The van der Waals surface area contributed by atoms with Crippen molar-refractivity contribution >= 4 is 200 Å². The van der Waals surface area contributed by atoms with E-state index in [0.717, 1.165) is 127 Å². The molecule has 1 aliphatic heterocycles. The number of rotatable bonds is 16. The van der Waals surface area contributed by atoms with E-state index in [1.807, 2.05) is 185 Å². The lowest BCUT2D eigenvalue weighted by Gasteiger charge is -2.15. The van der Waals surface area contributed by atoms with Crippen LogP contribution in [0.3, 0.4) is 0 Å². The van der Waals surface area contributed by atoms with Gasteiger partial charge in [-0.15, -0.1) is 0 Å². The summed E-state index contributed by atoms with van der Waals surface area (Å²) in [5.74, 6) is 2.19. The van der Waals surface area contributed by atoms with Gasteiger partial charge in [0.2, 0.25) is 23.6 Å². The molecule has 12 aromatic rings. The second-order valence-electron chi connectivity index (χ2n) is 22.2. The van der Waals surface area contributed by atoms with Gasteiger partial charge in [-0.25, -0.2) is 39.9 Å². The highest BCUT2D eigenvalue weighted by Gasteiger charge is 2.14. The predicted octanol–water partition coefficient (Wildman–Crippen LogP) is 18.2. The number of allylic oxidation sites excluding steroid dienone is 1. The number of hydrogen-bond donors (Lipinski definition) is 9. The Morgan fingerprint density at radius 1 is 0.414 bits per heavy atom. The third kappa shape index (κ3) is 21.2. The molecule has 0 spiro atoms. The van der Waals surface area contributed by atoms with Crippen LogP contribution in [0.1, 0.15) is 40.0 Å². The first kappa shape index (κ1) is 71.1. The SMILES string of the molecule is C=CC(=O)Nc1ccc2ncnc(Nc3cccc(Br)c3)c2c1.CC(C)=CC(=O)Nc1ccc2ncnc(Nc3cccc(Br)c3)c2c1.CCC(=O)Nc1ccc2ncnc(Nc3cccc(Br)c3)c2c1.O=C(C=C1CCNCC1)Nc1ccc2ncnc(Nc3cccc(Br)c3)c2c1. The first-order valence-electron chi connectivity index (χ1n) is 31.0. The molecular weight excluding hydrogens is 1510 g/mol. The standard InChI is InChI=1S/C21H20BrN5O.C19H17BrN4O.C17H15BrN4O.C17H13BrN4O/c22-15-2-1-3-16(11-15)27-21-18-12-17(4-5-19(18)24-13-25-21)26-20(28)10-14-6-8-23-9-7-14;1-12(2)8-18(25)23-15-6-7-17-16(10-15)19(22-11-21-17)24-14-5-3-4-13(20)9-14;2*1-2-16(23)21-13-6-7-15-14(9-13)17(20-10-19-15)22-12-5-3-4-11(18)8-12/h1-5,10-13,23H,6-9H2,(H,26,28)(H,24,25,27);3-11H,1-2H3,(H,23,25)(H,21,22,24);3-10H,2H2,1H3,(H,21,23)(H,19,20,22);2-10H,1H2,(H,21,23)(H,19,20,22). The number of carbonyl (C=O) groups is 4. The number of amides is 4. The molecule has 0 atom stereocenters. The van der Waals surface area contributed by atoms with Crippen LogP contribution in [0.2, 0.25) is 0 Å². The fraction of sp³-hybridized carbons (Fsp3) is 0.108. The first-order valence-corrected chi connectivity index (χ1v) is 34.2. The Labute approximate surface area is 604 Å². The molecule has 4 aromatic heterocycles. The summed E-state index contributed by atoms with van der Waals surface area (Å²) in [6, 6.07) is 53.6. The van der Waals surface area contributed by atoms with E-state index in [0.29, 0.717) is 41.1 Å². The molecule has 1 aliphatic rings. The smallest absolute Gasteiger partial charge is 0.248 e. The normalized spacial score (nSPS) is 11.4. The van der Waals surface area contributed by atoms with Crippen molar-refractivity contribution in [2.75, 3.05) is 55.6 Å². The molecule has 498 valence electrons. The van der Waals surface area contributed by atoms with Crippen LogP contribution in [-0.2, 0) is 19.2 Å². The summed E-state index contributed by atoms with van der Waals surface area (Å²) in [6.45, 7) is 10.9. The topological polar surface area (TPSA) is 280 Å². The zero-order valence-electron chi connectivity index (χ0n) is 53.7. The van der Waals surface area contributed by atoms with Crippen LogP contribution in [0, 0.1) is 0 Å². The van der Waals surface area contributed by atoms with Gasteiger partial charge in [0.25, 0.3) is 0 Å². The lowest BCUT2D eigenvalue weighted by Crippen LogP contribution is -2.24. The molecule has 21 nitrogen and oxygen atoms in total. The molecule has 25 heteroatoms. The van der Waals surface area contributed by atoms with Crippen LogP contribution in [0.5, 0.6) is 0 Å². The van der Waals surface area contributed by atoms with Gasteiger partial charge in [0.05, 0.1) is 22.1 Å². The van der Waals surface area contributed by atoms with Gasteiger partial charge in [-0.3, -0.25) is 19.2 Å². The summed E-state index contributed by atoms with van der Waals surface area (Å²) in [6.07, 6.45) is 12.8. The quantitative estimate of drug-likeness (QED) is 0.0407. The molecule has 0 saturated carbocycles. The highest BCUT2D eigenvalue weighted by Crippen LogP contribution is 2.32. The predicted molar refractivity (Wildman–Crippen MR) is 412 cm³/mol. The van der Waals surface area contributed by atoms with E-state index in [1.165, 1.54) is 37.0 Å². The third-order valence-electron chi connectivity index (χ3n) is 14.5. The zero-order chi connectivity index (χ0) is 69.6. The van der Waals surface area contributed by atoms with Crippen molar-refractivity contribution in [3.05, 3.63) is 249 Å².